The largest absolute Gasteiger partial charge is 0.310 e. The molecule has 0 spiro atoms. The fourth-order valence-corrected chi connectivity index (χ4v) is 3.63. The highest BCUT2D eigenvalue weighted by Crippen LogP contribution is 2.47. The van der Waals surface area contributed by atoms with Gasteiger partial charge in [0.15, 0.2) is 0 Å². The first-order chi connectivity index (χ1) is 9.56. The highest BCUT2D eigenvalue weighted by Gasteiger charge is 2.38. The minimum atomic E-state index is -0.0672. The summed E-state index contributed by atoms with van der Waals surface area (Å²) in [6.45, 7) is 7.81. The summed E-state index contributed by atoms with van der Waals surface area (Å²) >= 11 is 0. The molecule has 0 aliphatic heterocycles. The second kappa shape index (κ2) is 6.71. The molecule has 0 saturated heterocycles. The fraction of sp³-hybridized carbons (Fsp3) is 0.667. The Morgan fingerprint density at radius 1 is 1.30 bits per heavy atom. The average Bonchev–Trinajstić information content (AvgIpc) is 2.42. The predicted molar refractivity (Wildman–Crippen MR) is 83.2 cm³/mol. The van der Waals surface area contributed by atoms with Crippen LogP contribution in [-0.4, -0.2) is 6.54 Å². The van der Waals surface area contributed by atoms with Crippen LogP contribution in [-0.2, 0) is 0 Å². The van der Waals surface area contributed by atoms with E-state index in [2.05, 4.69) is 26.1 Å². The van der Waals surface area contributed by atoms with Crippen LogP contribution in [0.15, 0.2) is 24.3 Å². The molecule has 112 valence electrons. The summed E-state index contributed by atoms with van der Waals surface area (Å²) in [5.74, 6) is 0.446. The zero-order valence-electron chi connectivity index (χ0n) is 13.1. The summed E-state index contributed by atoms with van der Waals surface area (Å²) < 4.78 is 14.2. The maximum atomic E-state index is 14.2. The van der Waals surface area contributed by atoms with E-state index in [9.17, 15) is 4.39 Å². The van der Waals surface area contributed by atoms with Crippen LogP contribution in [0.5, 0.6) is 0 Å². The average molecular weight is 277 g/mol. The molecule has 0 bridgehead atoms. The summed E-state index contributed by atoms with van der Waals surface area (Å²) in [4.78, 5) is 0. The molecule has 1 aromatic rings. The summed E-state index contributed by atoms with van der Waals surface area (Å²) in [5, 5.41) is 3.61. The van der Waals surface area contributed by atoms with Crippen molar-refractivity contribution in [3.8, 4) is 0 Å². The van der Waals surface area contributed by atoms with Crippen molar-refractivity contribution in [1.82, 2.24) is 5.32 Å². The van der Waals surface area contributed by atoms with Gasteiger partial charge in [0.05, 0.1) is 0 Å². The van der Waals surface area contributed by atoms with Gasteiger partial charge in [-0.2, -0.15) is 0 Å². The minimum Gasteiger partial charge on any atom is -0.310 e. The van der Waals surface area contributed by atoms with Gasteiger partial charge >= 0.3 is 0 Å². The van der Waals surface area contributed by atoms with Gasteiger partial charge in [-0.3, -0.25) is 0 Å². The van der Waals surface area contributed by atoms with Gasteiger partial charge in [-0.25, -0.2) is 4.39 Å². The lowest BCUT2D eigenvalue weighted by atomic mass is 9.64. The third kappa shape index (κ3) is 3.41. The van der Waals surface area contributed by atoms with Gasteiger partial charge in [0.2, 0.25) is 0 Å². The van der Waals surface area contributed by atoms with Crippen molar-refractivity contribution in [1.29, 1.82) is 0 Å². The molecule has 0 heterocycles. The molecule has 2 heteroatoms. The first-order valence-electron chi connectivity index (χ1n) is 8.04. The van der Waals surface area contributed by atoms with Crippen molar-refractivity contribution in [3.05, 3.63) is 35.6 Å². The van der Waals surface area contributed by atoms with Gasteiger partial charge in [-0.15, -0.1) is 0 Å². The number of nitrogens with one attached hydrogen (secondary N) is 1. The van der Waals surface area contributed by atoms with E-state index in [0.717, 1.165) is 18.5 Å². The van der Waals surface area contributed by atoms with E-state index in [1.165, 1.54) is 25.7 Å². The lowest BCUT2D eigenvalue weighted by Gasteiger charge is -2.44. The number of halogens is 1. The van der Waals surface area contributed by atoms with E-state index in [1.54, 1.807) is 12.1 Å². The van der Waals surface area contributed by atoms with Gasteiger partial charge in [0.1, 0.15) is 5.82 Å². The molecule has 20 heavy (non-hydrogen) atoms. The molecular weight excluding hydrogens is 249 g/mol. The summed E-state index contributed by atoms with van der Waals surface area (Å²) in [6.07, 6.45) is 6.10. The molecule has 1 fully saturated rings. The predicted octanol–water partition coefficient (Wildman–Crippen LogP) is 5.08. The Bertz CT molecular complexity index is 427. The Morgan fingerprint density at radius 2 is 2.05 bits per heavy atom. The van der Waals surface area contributed by atoms with Crippen molar-refractivity contribution >= 4 is 0 Å². The molecule has 0 amide bonds. The Labute approximate surface area is 123 Å². The standard InChI is InChI=1S/C18H28FN/c1-4-13-20-17(14-9-5-6-11-16(14)19)15-10-7-8-12-18(15,2)3/h5-6,9,11,15,17,20H,4,7-8,10,12-13H2,1-3H3. The van der Waals surface area contributed by atoms with Crippen molar-refractivity contribution < 1.29 is 4.39 Å². The van der Waals surface area contributed by atoms with Gasteiger partial charge in [-0.1, -0.05) is 51.8 Å². The minimum absolute atomic E-state index is 0.0672. The molecule has 0 aromatic heterocycles. The van der Waals surface area contributed by atoms with E-state index in [-0.39, 0.29) is 17.3 Å². The number of rotatable bonds is 5. The monoisotopic (exact) mass is 277 g/mol. The lowest BCUT2D eigenvalue weighted by molar-refractivity contribution is 0.0968. The van der Waals surface area contributed by atoms with Crippen LogP contribution in [0.2, 0.25) is 0 Å². The van der Waals surface area contributed by atoms with Gasteiger partial charge in [0, 0.05) is 11.6 Å². The second-order valence-electron chi connectivity index (χ2n) is 6.79. The van der Waals surface area contributed by atoms with E-state index < -0.39 is 0 Å². The van der Waals surface area contributed by atoms with Crippen molar-refractivity contribution in [2.75, 3.05) is 6.54 Å². The molecule has 1 aromatic carbocycles. The summed E-state index contributed by atoms with van der Waals surface area (Å²) in [7, 11) is 0. The lowest BCUT2D eigenvalue weighted by Crippen LogP contribution is -2.39. The molecule has 1 aliphatic carbocycles. The zero-order chi connectivity index (χ0) is 14.6. The van der Waals surface area contributed by atoms with Crippen molar-refractivity contribution in [3.63, 3.8) is 0 Å². The summed E-state index contributed by atoms with van der Waals surface area (Å²) in [6, 6.07) is 7.42. The second-order valence-corrected chi connectivity index (χ2v) is 6.79. The van der Waals surface area contributed by atoms with Crippen LogP contribution < -0.4 is 5.32 Å². The fourth-order valence-electron chi connectivity index (χ4n) is 3.63. The van der Waals surface area contributed by atoms with Crippen LogP contribution in [0.25, 0.3) is 0 Å². The molecule has 2 rings (SSSR count). The highest BCUT2D eigenvalue weighted by molar-refractivity contribution is 5.23. The maximum Gasteiger partial charge on any atom is 0.127 e. The first kappa shape index (κ1) is 15.5. The number of hydrogen-bond acceptors (Lipinski definition) is 1. The Morgan fingerprint density at radius 3 is 2.70 bits per heavy atom. The van der Waals surface area contributed by atoms with E-state index in [1.807, 2.05) is 12.1 Å². The van der Waals surface area contributed by atoms with E-state index in [4.69, 9.17) is 0 Å². The van der Waals surface area contributed by atoms with E-state index >= 15 is 0 Å². The van der Waals surface area contributed by atoms with Gasteiger partial charge in [0.25, 0.3) is 0 Å². The SMILES string of the molecule is CCCNC(c1ccccc1F)C1CCCCC1(C)C. The van der Waals surface area contributed by atoms with Crippen LogP contribution in [0, 0.1) is 17.2 Å². The molecule has 1 aliphatic rings. The first-order valence-corrected chi connectivity index (χ1v) is 8.04. The van der Waals surface area contributed by atoms with Crippen LogP contribution >= 0.6 is 0 Å². The number of hydrogen-bond donors (Lipinski definition) is 1. The Balaban J connectivity index is 2.29. The quantitative estimate of drug-likeness (QED) is 0.791. The van der Waals surface area contributed by atoms with Crippen LogP contribution in [0.3, 0.4) is 0 Å². The molecule has 0 radical (unpaired) electrons. The molecule has 2 atom stereocenters. The molecule has 1 saturated carbocycles. The highest BCUT2D eigenvalue weighted by atomic mass is 19.1. The third-order valence-electron chi connectivity index (χ3n) is 4.85. The molecule has 1 nitrogen and oxygen atoms in total. The molecular formula is C18H28FN. The topological polar surface area (TPSA) is 12.0 Å². The Kier molecular flexibility index (Phi) is 5.20. The van der Waals surface area contributed by atoms with Gasteiger partial charge in [-0.05, 0) is 43.2 Å². The van der Waals surface area contributed by atoms with Crippen molar-refractivity contribution in [2.45, 2.75) is 58.9 Å². The zero-order valence-corrected chi connectivity index (χ0v) is 13.1. The maximum absolute atomic E-state index is 14.2. The van der Waals surface area contributed by atoms with E-state index in [0.29, 0.717) is 5.92 Å². The van der Waals surface area contributed by atoms with Crippen LogP contribution in [0.1, 0.15) is 64.5 Å². The Hall–Kier alpha value is -0.890. The van der Waals surface area contributed by atoms with Crippen molar-refractivity contribution in [2.24, 2.45) is 11.3 Å². The smallest absolute Gasteiger partial charge is 0.127 e. The third-order valence-corrected chi connectivity index (χ3v) is 4.85. The normalized spacial score (nSPS) is 23.5. The number of benzene rings is 1. The molecule has 1 N–H and O–H groups in total. The molecule has 2 unspecified atom stereocenters. The van der Waals surface area contributed by atoms with Crippen LogP contribution in [0.4, 0.5) is 4.39 Å². The summed E-state index contributed by atoms with van der Waals surface area (Å²) in [5.41, 5.74) is 1.13. The van der Waals surface area contributed by atoms with Gasteiger partial charge < -0.3 is 5.32 Å².